The van der Waals surface area contributed by atoms with Crippen LogP contribution in [0.3, 0.4) is 0 Å². The van der Waals surface area contributed by atoms with Gasteiger partial charge in [0, 0.05) is 32.2 Å². The highest BCUT2D eigenvalue weighted by molar-refractivity contribution is 5.78. The Kier molecular flexibility index (Phi) is 5.65. The third kappa shape index (κ3) is 5.74. The first-order valence-electron chi connectivity index (χ1n) is 5.79. The van der Waals surface area contributed by atoms with Gasteiger partial charge in [-0.05, 0) is 25.2 Å². The summed E-state index contributed by atoms with van der Waals surface area (Å²) in [7, 11) is 0. The Morgan fingerprint density at radius 1 is 1.60 bits per heavy atom. The van der Waals surface area contributed by atoms with E-state index in [-0.39, 0.29) is 11.8 Å². The lowest BCUT2D eigenvalue weighted by Crippen LogP contribution is -2.34. The minimum atomic E-state index is -0.0858. The minimum Gasteiger partial charge on any atom is -0.381 e. The van der Waals surface area contributed by atoms with Crippen LogP contribution < -0.4 is 11.1 Å². The van der Waals surface area contributed by atoms with E-state index < -0.39 is 0 Å². The average Bonchev–Trinajstić information content (AvgIpc) is 3.05. The minimum absolute atomic E-state index is 0.0414. The van der Waals surface area contributed by atoms with Crippen LogP contribution in [0, 0.1) is 11.8 Å². The third-order valence-electron chi connectivity index (χ3n) is 2.62. The zero-order valence-electron chi connectivity index (χ0n) is 9.50. The molecule has 1 amide bonds. The summed E-state index contributed by atoms with van der Waals surface area (Å²) < 4.78 is 5.45. The number of hydrogen-bond donors (Lipinski definition) is 2. The summed E-state index contributed by atoms with van der Waals surface area (Å²) in [5.41, 5.74) is 5.38. The van der Waals surface area contributed by atoms with Crippen molar-refractivity contribution in [2.24, 2.45) is 17.6 Å². The van der Waals surface area contributed by atoms with E-state index in [0.717, 1.165) is 25.6 Å². The molecule has 1 unspecified atom stereocenters. The maximum Gasteiger partial charge on any atom is 0.224 e. The maximum atomic E-state index is 11.3. The normalized spacial score (nSPS) is 17.5. The van der Waals surface area contributed by atoms with Gasteiger partial charge in [-0.15, -0.1) is 0 Å². The highest BCUT2D eigenvalue weighted by Crippen LogP contribution is 2.28. The van der Waals surface area contributed by atoms with E-state index in [9.17, 15) is 4.79 Å². The van der Waals surface area contributed by atoms with Gasteiger partial charge in [0.15, 0.2) is 0 Å². The molecular weight excluding hydrogens is 192 g/mol. The summed E-state index contributed by atoms with van der Waals surface area (Å²) in [5, 5.41) is 2.84. The number of hydrogen-bond acceptors (Lipinski definition) is 3. The molecule has 4 heteroatoms. The first kappa shape index (κ1) is 12.5. The SMILES string of the molecule is CC(CN)C(=O)NCCCOCC1CC1. The molecule has 0 aliphatic heterocycles. The molecule has 1 saturated carbocycles. The van der Waals surface area contributed by atoms with Gasteiger partial charge in [-0.1, -0.05) is 6.92 Å². The molecule has 0 bridgehead atoms. The zero-order valence-corrected chi connectivity index (χ0v) is 9.50. The Balaban J connectivity index is 1.84. The van der Waals surface area contributed by atoms with Crippen molar-refractivity contribution < 1.29 is 9.53 Å². The van der Waals surface area contributed by atoms with Gasteiger partial charge in [-0.2, -0.15) is 0 Å². The summed E-state index contributed by atoms with van der Waals surface area (Å²) in [6, 6.07) is 0. The molecule has 4 nitrogen and oxygen atoms in total. The van der Waals surface area contributed by atoms with E-state index in [1.165, 1.54) is 12.8 Å². The van der Waals surface area contributed by atoms with Crippen molar-refractivity contribution in [1.82, 2.24) is 5.32 Å². The van der Waals surface area contributed by atoms with E-state index in [0.29, 0.717) is 13.1 Å². The molecule has 88 valence electrons. The molecular formula is C11H22N2O2. The first-order chi connectivity index (χ1) is 7.24. The lowest BCUT2D eigenvalue weighted by atomic mass is 10.2. The van der Waals surface area contributed by atoms with E-state index in [1.807, 2.05) is 6.92 Å². The topological polar surface area (TPSA) is 64.4 Å². The second-order valence-electron chi connectivity index (χ2n) is 4.30. The summed E-state index contributed by atoms with van der Waals surface area (Å²) >= 11 is 0. The number of carbonyl (C=O) groups is 1. The van der Waals surface area contributed by atoms with Gasteiger partial charge in [0.05, 0.1) is 0 Å². The summed E-state index contributed by atoms with van der Waals surface area (Å²) in [5.74, 6) is 0.772. The Hall–Kier alpha value is -0.610. The fraction of sp³-hybridized carbons (Fsp3) is 0.909. The van der Waals surface area contributed by atoms with Crippen molar-refractivity contribution in [1.29, 1.82) is 0 Å². The van der Waals surface area contributed by atoms with E-state index in [1.54, 1.807) is 0 Å². The molecule has 1 rings (SSSR count). The molecule has 1 atom stereocenters. The predicted octanol–water partition coefficient (Wildman–Crippen LogP) is 0.514. The molecule has 0 aromatic heterocycles. The van der Waals surface area contributed by atoms with Crippen LogP contribution in [0.15, 0.2) is 0 Å². The molecule has 15 heavy (non-hydrogen) atoms. The number of rotatable bonds is 8. The van der Waals surface area contributed by atoms with Crippen LogP contribution in [0.4, 0.5) is 0 Å². The molecule has 1 aliphatic rings. The van der Waals surface area contributed by atoms with Crippen molar-refractivity contribution in [3.63, 3.8) is 0 Å². The third-order valence-corrected chi connectivity index (χ3v) is 2.62. The van der Waals surface area contributed by atoms with E-state index in [2.05, 4.69) is 5.32 Å². The fourth-order valence-electron chi connectivity index (χ4n) is 1.20. The summed E-state index contributed by atoms with van der Waals surface area (Å²) in [6.45, 7) is 4.57. The van der Waals surface area contributed by atoms with E-state index in [4.69, 9.17) is 10.5 Å². The second kappa shape index (κ2) is 6.80. The van der Waals surface area contributed by atoms with Crippen molar-refractivity contribution >= 4 is 5.91 Å². The van der Waals surface area contributed by atoms with Crippen LogP contribution in [-0.2, 0) is 9.53 Å². The van der Waals surface area contributed by atoms with Crippen molar-refractivity contribution in [2.75, 3.05) is 26.3 Å². The van der Waals surface area contributed by atoms with E-state index >= 15 is 0 Å². The largest absolute Gasteiger partial charge is 0.381 e. The van der Waals surface area contributed by atoms with Gasteiger partial charge in [0.25, 0.3) is 0 Å². The molecule has 0 heterocycles. The van der Waals surface area contributed by atoms with Crippen LogP contribution in [0.1, 0.15) is 26.2 Å². The van der Waals surface area contributed by atoms with Crippen LogP contribution >= 0.6 is 0 Å². The molecule has 0 saturated heterocycles. The lowest BCUT2D eigenvalue weighted by molar-refractivity contribution is -0.124. The monoisotopic (exact) mass is 214 g/mol. The Morgan fingerprint density at radius 3 is 2.93 bits per heavy atom. The number of carbonyl (C=O) groups excluding carboxylic acids is 1. The highest BCUT2D eigenvalue weighted by Gasteiger charge is 2.20. The van der Waals surface area contributed by atoms with Gasteiger partial charge in [-0.3, -0.25) is 4.79 Å². The molecule has 1 aliphatic carbocycles. The maximum absolute atomic E-state index is 11.3. The van der Waals surface area contributed by atoms with Crippen LogP contribution in [0.5, 0.6) is 0 Å². The number of nitrogens with one attached hydrogen (secondary N) is 1. The van der Waals surface area contributed by atoms with Crippen molar-refractivity contribution in [3.05, 3.63) is 0 Å². The number of ether oxygens (including phenoxy) is 1. The van der Waals surface area contributed by atoms with Crippen molar-refractivity contribution in [2.45, 2.75) is 26.2 Å². The Bertz CT molecular complexity index is 193. The molecule has 3 N–H and O–H groups in total. The zero-order chi connectivity index (χ0) is 11.1. The molecule has 0 aromatic carbocycles. The van der Waals surface area contributed by atoms with Gasteiger partial charge in [0.2, 0.25) is 5.91 Å². The predicted molar refractivity (Wildman–Crippen MR) is 59.4 cm³/mol. The van der Waals surface area contributed by atoms with Crippen molar-refractivity contribution in [3.8, 4) is 0 Å². The standard InChI is InChI=1S/C11H22N2O2/c1-9(7-12)11(14)13-5-2-6-15-8-10-3-4-10/h9-10H,2-8,12H2,1H3,(H,13,14). The number of amides is 1. The molecule has 0 radical (unpaired) electrons. The quantitative estimate of drug-likeness (QED) is 0.579. The lowest BCUT2D eigenvalue weighted by Gasteiger charge is -2.09. The number of nitrogens with two attached hydrogens (primary N) is 1. The molecule has 0 spiro atoms. The Labute approximate surface area is 91.5 Å². The molecule has 0 aromatic rings. The first-order valence-corrected chi connectivity index (χ1v) is 5.79. The molecule has 1 fully saturated rings. The smallest absolute Gasteiger partial charge is 0.224 e. The van der Waals surface area contributed by atoms with Crippen LogP contribution in [0.2, 0.25) is 0 Å². The second-order valence-corrected chi connectivity index (χ2v) is 4.30. The Morgan fingerprint density at radius 2 is 2.33 bits per heavy atom. The summed E-state index contributed by atoms with van der Waals surface area (Å²) in [6.07, 6.45) is 3.53. The van der Waals surface area contributed by atoms with Gasteiger partial charge in [-0.25, -0.2) is 0 Å². The highest BCUT2D eigenvalue weighted by atomic mass is 16.5. The fourth-order valence-corrected chi connectivity index (χ4v) is 1.20. The van der Waals surface area contributed by atoms with Crippen LogP contribution in [0.25, 0.3) is 0 Å². The van der Waals surface area contributed by atoms with Crippen LogP contribution in [-0.4, -0.2) is 32.2 Å². The van der Waals surface area contributed by atoms with Gasteiger partial charge < -0.3 is 15.8 Å². The van der Waals surface area contributed by atoms with Gasteiger partial charge in [0.1, 0.15) is 0 Å². The summed E-state index contributed by atoms with van der Waals surface area (Å²) in [4.78, 5) is 11.3. The average molecular weight is 214 g/mol. The van der Waals surface area contributed by atoms with Gasteiger partial charge >= 0.3 is 0 Å².